The van der Waals surface area contributed by atoms with Gasteiger partial charge in [-0.1, -0.05) is 18.2 Å². The first-order valence-corrected chi connectivity index (χ1v) is 11.1. The average Bonchev–Trinajstić information content (AvgIpc) is 3.38. The molecule has 0 aliphatic heterocycles. The molecule has 1 aliphatic rings. The van der Waals surface area contributed by atoms with Crippen molar-refractivity contribution in [2.75, 3.05) is 0 Å². The minimum Gasteiger partial charge on any atom is -0.508 e. The fourth-order valence-corrected chi connectivity index (χ4v) is 4.39. The monoisotopic (exact) mass is 426 g/mol. The molecular formula is C22H22N2O5S. The van der Waals surface area contributed by atoms with Crippen molar-refractivity contribution < 1.29 is 22.7 Å². The first-order valence-electron chi connectivity index (χ1n) is 9.63. The Bertz CT molecular complexity index is 1120. The van der Waals surface area contributed by atoms with Gasteiger partial charge in [-0.3, -0.25) is 4.79 Å². The molecule has 2 N–H and O–H groups in total. The highest BCUT2D eigenvalue weighted by Crippen LogP contribution is 2.24. The lowest BCUT2D eigenvalue weighted by Gasteiger charge is -2.22. The van der Waals surface area contributed by atoms with Gasteiger partial charge in [0.05, 0.1) is 24.2 Å². The Morgan fingerprint density at radius 1 is 1.03 bits per heavy atom. The van der Waals surface area contributed by atoms with Crippen LogP contribution in [0.15, 0.2) is 76.2 Å². The van der Waals surface area contributed by atoms with Gasteiger partial charge >= 0.3 is 0 Å². The minimum atomic E-state index is -3.58. The highest BCUT2D eigenvalue weighted by Gasteiger charge is 2.28. The van der Waals surface area contributed by atoms with Crippen LogP contribution < -0.4 is 4.72 Å². The van der Waals surface area contributed by atoms with Crippen molar-refractivity contribution >= 4 is 15.9 Å². The summed E-state index contributed by atoms with van der Waals surface area (Å²) in [5.41, 5.74) is 0.951. The van der Waals surface area contributed by atoms with Gasteiger partial charge in [0.1, 0.15) is 11.5 Å². The molecule has 2 aromatic carbocycles. The largest absolute Gasteiger partial charge is 0.508 e. The van der Waals surface area contributed by atoms with Crippen LogP contribution in [0.25, 0.3) is 0 Å². The van der Waals surface area contributed by atoms with E-state index in [0.717, 1.165) is 12.8 Å². The number of sulfonamides is 1. The van der Waals surface area contributed by atoms with Crippen LogP contribution in [0.2, 0.25) is 0 Å². The van der Waals surface area contributed by atoms with Crippen LogP contribution in [0, 0.1) is 0 Å². The molecule has 1 aliphatic carbocycles. The molecule has 1 aromatic heterocycles. The lowest BCUT2D eigenvalue weighted by molar-refractivity contribution is 0.0716. The smallest absolute Gasteiger partial charge is 0.254 e. The van der Waals surface area contributed by atoms with Gasteiger partial charge in [0.15, 0.2) is 0 Å². The zero-order chi connectivity index (χ0) is 21.1. The quantitative estimate of drug-likeness (QED) is 0.576. The Morgan fingerprint density at radius 3 is 2.40 bits per heavy atom. The number of furan rings is 1. The third-order valence-electron chi connectivity index (χ3n) is 4.88. The second-order valence-corrected chi connectivity index (χ2v) is 9.00. The number of phenols is 1. The van der Waals surface area contributed by atoms with E-state index in [1.54, 1.807) is 41.3 Å². The summed E-state index contributed by atoms with van der Waals surface area (Å²) in [5, 5.41) is 10.1. The molecule has 0 spiro atoms. The average molecular weight is 426 g/mol. The SMILES string of the molecule is O=C(c1ccc(S(=O)(=O)NC2CC2)cc1)N(Cc1ccco1)Cc1ccccc1O. The normalized spacial score (nSPS) is 13.9. The number of aromatic hydroxyl groups is 1. The first kappa shape index (κ1) is 20.2. The lowest BCUT2D eigenvalue weighted by Crippen LogP contribution is -2.30. The van der Waals surface area contributed by atoms with Crippen molar-refractivity contribution in [1.82, 2.24) is 9.62 Å². The molecule has 0 unspecified atom stereocenters. The number of rotatable bonds is 8. The van der Waals surface area contributed by atoms with E-state index in [2.05, 4.69) is 4.72 Å². The summed E-state index contributed by atoms with van der Waals surface area (Å²) in [6, 6.07) is 16.2. The van der Waals surface area contributed by atoms with Gasteiger partial charge in [-0.05, 0) is 55.3 Å². The van der Waals surface area contributed by atoms with E-state index in [0.29, 0.717) is 16.9 Å². The van der Waals surface area contributed by atoms with Crippen LogP contribution in [0.3, 0.4) is 0 Å². The summed E-state index contributed by atoms with van der Waals surface area (Å²) >= 11 is 0. The first-order chi connectivity index (χ1) is 14.4. The van der Waals surface area contributed by atoms with Gasteiger partial charge in [0.25, 0.3) is 5.91 Å². The molecule has 30 heavy (non-hydrogen) atoms. The predicted octanol–water partition coefficient (Wildman–Crippen LogP) is 3.27. The van der Waals surface area contributed by atoms with Gasteiger partial charge in [-0.2, -0.15) is 0 Å². The second kappa shape index (κ2) is 8.33. The third kappa shape index (κ3) is 4.72. The van der Waals surface area contributed by atoms with Crippen LogP contribution >= 0.6 is 0 Å². The molecule has 156 valence electrons. The van der Waals surface area contributed by atoms with E-state index in [1.165, 1.54) is 30.5 Å². The van der Waals surface area contributed by atoms with E-state index >= 15 is 0 Å². The van der Waals surface area contributed by atoms with E-state index in [9.17, 15) is 18.3 Å². The third-order valence-corrected chi connectivity index (χ3v) is 6.41. The fraction of sp³-hybridized carbons (Fsp3) is 0.227. The maximum atomic E-state index is 13.2. The molecule has 0 bridgehead atoms. The van der Waals surface area contributed by atoms with E-state index in [1.807, 2.05) is 0 Å². The molecule has 1 fully saturated rings. The topological polar surface area (TPSA) is 99.9 Å². The van der Waals surface area contributed by atoms with Crippen molar-refractivity contribution in [3.8, 4) is 5.75 Å². The summed E-state index contributed by atoms with van der Waals surface area (Å²) in [7, 11) is -3.58. The Morgan fingerprint density at radius 2 is 1.77 bits per heavy atom. The van der Waals surface area contributed by atoms with Crippen LogP contribution in [-0.2, 0) is 23.1 Å². The highest BCUT2D eigenvalue weighted by molar-refractivity contribution is 7.89. The zero-order valence-corrected chi connectivity index (χ0v) is 17.0. The van der Waals surface area contributed by atoms with Gasteiger partial charge in [0, 0.05) is 17.2 Å². The minimum absolute atomic E-state index is 0.0126. The number of hydrogen-bond acceptors (Lipinski definition) is 5. The number of carbonyl (C=O) groups is 1. The Balaban J connectivity index is 1.56. The molecular weight excluding hydrogens is 404 g/mol. The zero-order valence-electron chi connectivity index (χ0n) is 16.2. The van der Waals surface area contributed by atoms with Crippen molar-refractivity contribution in [2.45, 2.75) is 36.9 Å². The van der Waals surface area contributed by atoms with E-state index in [4.69, 9.17) is 4.42 Å². The summed E-state index contributed by atoms with van der Waals surface area (Å²) in [6.07, 6.45) is 3.23. The lowest BCUT2D eigenvalue weighted by atomic mass is 10.1. The summed E-state index contributed by atoms with van der Waals surface area (Å²) in [4.78, 5) is 14.8. The van der Waals surface area contributed by atoms with E-state index < -0.39 is 10.0 Å². The summed E-state index contributed by atoms with van der Waals surface area (Å²) in [5.74, 6) is 0.405. The molecule has 7 nitrogen and oxygen atoms in total. The Hall–Kier alpha value is -3.10. The predicted molar refractivity (Wildman–Crippen MR) is 110 cm³/mol. The number of benzene rings is 2. The Kier molecular flexibility index (Phi) is 5.61. The molecule has 4 rings (SSSR count). The van der Waals surface area contributed by atoms with Gasteiger partial charge in [0.2, 0.25) is 10.0 Å². The summed E-state index contributed by atoms with van der Waals surface area (Å²) < 4.78 is 32.7. The summed E-state index contributed by atoms with van der Waals surface area (Å²) in [6.45, 7) is 0.388. The second-order valence-electron chi connectivity index (χ2n) is 7.29. The molecule has 0 radical (unpaired) electrons. The molecule has 1 heterocycles. The van der Waals surface area contributed by atoms with E-state index in [-0.39, 0.29) is 35.7 Å². The van der Waals surface area contributed by atoms with Crippen molar-refractivity contribution in [2.24, 2.45) is 0 Å². The number of nitrogens with one attached hydrogen (secondary N) is 1. The molecule has 0 atom stereocenters. The number of amides is 1. The van der Waals surface area contributed by atoms with Crippen LogP contribution in [0.4, 0.5) is 0 Å². The van der Waals surface area contributed by atoms with Crippen molar-refractivity contribution in [3.05, 3.63) is 83.8 Å². The highest BCUT2D eigenvalue weighted by atomic mass is 32.2. The van der Waals surface area contributed by atoms with Gasteiger partial charge < -0.3 is 14.4 Å². The fourth-order valence-electron chi connectivity index (χ4n) is 3.09. The maximum Gasteiger partial charge on any atom is 0.254 e. The van der Waals surface area contributed by atoms with Gasteiger partial charge in [-0.25, -0.2) is 13.1 Å². The molecule has 1 saturated carbocycles. The number of phenolic OH excluding ortho intramolecular Hbond substituents is 1. The van der Waals surface area contributed by atoms with Gasteiger partial charge in [-0.15, -0.1) is 0 Å². The molecule has 3 aromatic rings. The molecule has 1 amide bonds. The maximum absolute atomic E-state index is 13.2. The molecule has 0 saturated heterocycles. The van der Waals surface area contributed by atoms with Crippen molar-refractivity contribution in [1.29, 1.82) is 0 Å². The number of para-hydroxylation sites is 1. The number of hydrogen-bond donors (Lipinski definition) is 2. The standard InChI is InChI=1S/C22H22N2O5S/c25-21-6-2-1-4-17(21)14-24(15-19-5-3-13-29-19)22(26)16-7-11-20(12-8-16)30(27,28)23-18-9-10-18/h1-8,11-13,18,23,25H,9-10,14-15H2. The van der Waals surface area contributed by atoms with Crippen LogP contribution in [-0.4, -0.2) is 30.4 Å². The van der Waals surface area contributed by atoms with Crippen LogP contribution in [0.1, 0.15) is 34.5 Å². The molecule has 8 heteroatoms. The van der Waals surface area contributed by atoms with Crippen LogP contribution in [0.5, 0.6) is 5.75 Å². The van der Waals surface area contributed by atoms with Crippen molar-refractivity contribution in [3.63, 3.8) is 0 Å². The number of nitrogens with zero attached hydrogens (tertiary/aromatic N) is 1. The number of carbonyl (C=O) groups excluding carboxylic acids is 1. The Labute approximate surface area is 175 Å².